The summed E-state index contributed by atoms with van der Waals surface area (Å²) in [4.78, 5) is 34.3. The van der Waals surface area contributed by atoms with Crippen molar-refractivity contribution in [1.82, 2.24) is 38.7 Å². The van der Waals surface area contributed by atoms with Gasteiger partial charge in [0.05, 0.1) is 30.2 Å². The maximum Gasteiger partial charge on any atom is 0.360 e. The molecule has 2 saturated heterocycles. The number of carbonyl (C=O) groups excluding carboxylic acids is 1. The fraction of sp³-hybridized carbons (Fsp3) is 0.348. The van der Waals surface area contributed by atoms with E-state index in [4.69, 9.17) is 24.2 Å². The highest BCUT2D eigenvalue weighted by molar-refractivity contribution is 9.10. The molecule has 0 radical (unpaired) electrons. The summed E-state index contributed by atoms with van der Waals surface area (Å²) in [7, 11) is 5.01. The van der Waals surface area contributed by atoms with Crippen molar-refractivity contribution < 1.29 is 28.9 Å². The van der Waals surface area contributed by atoms with Crippen LogP contribution in [0.25, 0.3) is 44.1 Å². The Morgan fingerprint density at radius 3 is 1.76 bits per heavy atom. The number of carboxylic acids is 1. The second-order valence-corrected chi connectivity index (χ2v) is 17.7. The molecule has 0 saturated carbocycles. The first kappa shape index (κ1) is 41.9. The number of ether oxygens (including phenoxy) is 3. The number of pyridine rings is 2. The van der Waals surface area contributed by atoms with Crippen molar-refractivity contribution in [3.8, 4) is 0 Å². The first-order valence-electron chi connectivity index (χ1n) is 20.7. The van der Waals surface area contributed by atoms with Gasteiger partial charge in [0.2, 0.25) is 0 Å². The van der Waals surface area contributed by atoms with Crippen LogP contribution in [0.3, 0.4) is 0 Å². The zero-order valence-electron chi connectivity index (χ0n) is 34.8. The smallest absolute Gasteiger partial charge is 0.360 e. The molecule has 0 spiro atoms. The van der Waals surface area contributed by atoms with Gasteiger partial charge in [-0.2, -0.15) is 10.2 Å². The molecule has 0 amide bonds. The minimum Gasteiger partial charge on any atom is -0.476 e. The number of hydrogen-bond donors (Lipinski definition) is 1. The zero-order chi connectivity index (χ0) is 43.2. The third-order valence-corrected chi connectivity index (χ3v) is 13.6. The van der Waals surface area contributed by atoms with E-state index in [0.29, 0.717) is 36.3 Å². The molecule has 6 aromatic heterocycles. The van der Waals surface area contributed by atoms with Gasteiger partial charge in [0, 0.05) is 61.9 Å². The van der Waals surface area contributed by atoms with Crippen molar-refractivity contribution >= 4 is 87.9 Å². The lowest BCUT2D eigenvalue weighted by Crippen LogP contribution is -2.27. The predicted molar refractivity (Wildman–Crippen MR) is 243 cm³/mol. The Hall–Kier alpha value is -5.42. The maximum atomic E-state index is 12.7. The van der Waals surface area contributed by atoms with Gasteiger partial charge < -0.3 is 28.5 Å². The fourth-order valence-corrected chi connectivity index (χ4v) is 10.3. The summed E-state index contributed by atoms with van der Waals surface area (Å²) in [6, 6.07) is 22.8. The van der Waals surface area contributed by atoms with E-state index in [1.54, 1.807) is 28.8 Å². The number of rotatable bonds is 8. The molecule has 8 heterocycles. The van der Waals surface area contributed by atoms with Gasteiger partial charge in [-0.1, -0.05) is 60.7 Å². The molecule has 2 fully saturated rings. The molecular weight excluding hydrogens is 920 g/mol. The summed E-state index contributed by atoms with van der Waals surface area (Å²) in [5.74, 6) is -0.840. The lowest BCUT2D eigenvalue weighted by Gasteiger charge is -2.33. The van der Waals surface area contributed by atoms with Crippen LogP contribution < -0.4 is 0 Å². The van der Waals surface area contributed by atoms with Crippen LogP contribution in [0.15, 0.2) is 88.1 Å². The molecule has 14 nitrogen and oxygen atoms in total. The molecule has 0 aliphatic carbocycles. The van der Waals surface area contributed by atoms with Gasteiger partial charge >= 0.3 is 11.9 Å². The van der Waals surface area contributed by atoms with Gasteiger partial charge in [-0.3, -0.25) is 19.3 Å². The van der Waals surface area contributed by atoms with E-state index in [9.17, 15) is 14.7 Å². The number of carbonyl (C=O) groups is 2. The molecule has 2 aliphatic heterocycles. The third kappa shape index (κ3) is 7.29. The minimum atomic E-state index is -1.04. The Balaban J connectivity index is 0.000000158. The van der Waals surface area contributed by atoms with Crippen LogP contribution in [0.4, 0.5) is 0 Å². The van der Waals surface area contributed by atoms with Crippen LogP contribution in [0.2, 0.25) is 0 Å². The van der Waals surface area contributed by atoms with Crippen LogP contribution in [-0.4, -0.2) is 89.2 Å². The van der Waals surface area contributed by atoms with Gasteiger partial charge in [-0.15, -0.1) is 0 Å². The van der Waals surface area contributed by atoms with Crippen molar-refractivity contribution in [3.63, 3.8) is 0 Å². The van der Waals surface area contributed by atoms with E-state index in [1.165, 1.54) is 12.7 Å². The van der Waals surface area contributed by atoms with Crippen LogP contribution >= 0.6 is 31.9 Å². The molecule has 16 heteroatoms. The number of aromatic carboxylic acids is 1. The average Bonchev–Trinajstić information content (AvgIpc) is 4.02. The molecule has 8 aromatic rings. The number of hydrogen-bond acceptors (Lipinski definition) is 9. The molecule has 320 valence electrons. The molecule has 1 N–H and O–H groups in total. The summed E-state index contributed by atoms with van der Waals surface area (Å²) in [6.07, 6.45) is 7.25. The van der Waals surface area contributed by atoms with E-state index >= 15 is 0 Å². The molecule has 2 unspecified atom stereocenters. The lowest BCUT2D eigenvalue weighted by atomic mass is 9.86. The van der Waals surface area contributed by atoms with Gasteiger partial charge in [-0.25, -0.2) is 9.59 Å². The second kappa shape index (κ2) is 17.4. The highest BCUT2D eigenvalue weighted by atomic mass is 79.9. The van der Waals surface area contributed by atoms with Crippen molar-refractivity contribution in [2.24, 2.45) is 25.9 Å². The average molecular weight is 967 g/mol. The van der Waals surface area contributed by atoms with Gasteiger partial charge in [0.15, 0.2) is 11.4 Å². The highest BCUT2D eigenvalue weighted by Crippen LogP contribution is 2.44. The van der Waals surface area contributed by atoms with Crippen molar-refractivity contribution in [1.29, 1.82) is 0 Å². The lowest BCUT2D eigenvalue weighted by molar-refractivity contribution is 0.0548. The monoisotopic (exact) mass is 964 g/mol. The Labute approximate surface area is 374 Å². The largest absolute Gasteiger partial charge is 0.476 e. The molecular formula is C46H46Br2N8O6. The van der Waals surface area contributed by atoms with Crippen molar-refractivity contribution in [2.75, 3.05) is 33.5 Å². The number of nitrogens with zero attached hydrogens (tertiary/aromatic N) is 8. The van der Waals surface area contributed by atoms with Crippen LogP contribution in [-0.2, 0) is 28.3 Å². The number of methoxy groups -OCH3 is 1. The minimum absolute atomic E-state index is 0.00815. The van der Waals surface area contributed by atoms with Crippen LogP contribution in [0.5, 0.6) is 0 Å². The summed E-state index contributed by atoms with van der Waals surface area (Å²) >= 11 is 7.21. The SMILES string of the molecule is COC(=O)c1nn(C)c2c3ncc(Br)cc3n(C(c3ccccc3)C3CCOCC3)c12.Cc1c(Br)cnc2c3c(c(C(=O)O)nn3C)n(C(c3ccccc3)C3CCOCC3)c12. The Kier molecular flexibility index (Phi) is 11.8. The first-order valence-corrected chi connectivity index (χ1v) is 22.3. The number of aromatic nitrogens is 8. The molecule has 2 atom stereocenters. The number of carboxylic acid groups (broad SMARTS) is 1. The standard InChI is InChI=1S/2C23H23BrN4O3/c1-27-21-18-17(12-16(24)13-25-18)28(22(21)19(26-27)23(29)30-2)20(14-6-4-3-5-7-14)15-8-10-31-11-9-15;1-13-16(24)12-25-17-19(13)28(22-18(23(29)30)26-27(2)21(17)22)20(14-6-4-3-5-7-14)15-8-10-31-11-9-15/h3-7,12-13,15,20H,8-11H2,1-2H3;3-7,12,15,20H,8-11H2,1-2H3,(H,29,30). The Bertz CT molecular complexity index is 2950. The number of benzene rings is 2. The second-order valence-electron chi connectivity index (χ2n) is 15.9. The van der Waals surface area contributed by atoms with E-state index in [0.717, 1.165) is 97.6 Å². The van der Waals surface area contributed by atoms with Crippen LogP contribution in [0.1, 0.15) is 75.4 Å². The summed E-state index contributed by atoms with van der Waals surface area (Å²) < 4.78 is 26.0. The zero-order valence-corrected chi connectivity index (χ0v) is 38.0. The molecule has 62 heavy (non-hydrogen) atoms. The van der Waals surface area contributed by atoms with Crippen molar-refractivity contribution in [3.05, 3.63) is 116 Å². The van der Waals surface area contributed by atoms with Gasteiger partial charge in [-0.05, 0) is 99.1 Å². The number of halogens is 2. The van der Waals surface area contributed by atoms with Crippen LogP contribution in [0, 0.1) is 18.8 Å². The summed E-state index contributed by atoms with van der Waals surface area (Å²) in [5, 5.41) is 18.9. The summed E-state index contributed by atoms with van der Waals surface area (Å²) in [6.45, 7) is 4.92. The molecule has 2 aromatic carbocycles. The fourth-order valence-electron chi connectivity index (χ4n) is 9.65. The number of esters is 1. The van der Waals surface area contributed by atoms with Crippen molar-refractivity contribution in [2.45, 2.75) is 44.7 Å². The van der Waals surface area contributed by atoms with Gasteiger partial charge in [0.25, 0.3) is 0 Å². The normalized spacial score (nSPS) is 16.2. The highest BCUT2D eigenvalue weighted by Gasteiger charge is 2.36. The molecule has 2 aliphatic rings. The molecule has 0 bridgehead atoms. The Morgan fingerprint density at radius 1 is 0.710 bits per heavy atom. The molecule has 10 rings (SSSR count). The topological polar surface area (TPSA) is 153 Å². The number of aryl methyl sites for hydroxylation is 3. The maximum absolute atomic E-state index is 12.7. The van der Waals surface area contributed by atoms with E-state index in [-0.39, 0.29) is 17.8 Å². The number of fused-ring (bicyclic) bond motifs is 6. The van der Waals surface area contributed by atoms with E-state index < -0.39 is 11.9 Å². The first-order chi connectivity index (χ1) is 30.1. The third-order valence-electron chi connectivity index (χ3n) is 12.4. The predicted octanol–water partition coefficient (Wildman–Crippen LogP) is 9.20. The Morgan fingerprint density at radius 2 is 1.21 bits per heavy atom. The van der Waals surface area contributed by atoms with E-state index in [2.05, 4.69) is 93.7 Å². The van der Waals surface area contributed by atoms with E-state index in [1.807, 2.05) is 38.2 Å². The van der Waals surface area contributed by atoms with Gasteiger partial charge in [0.1, 0.15) is 33.1 Å². The summed E-state index contributed by atoms with van der Waals surface area (Å²) in [5.41, 5.74) is 10.2. The quantitative estimate of drug-likeness (QED) is 0.146.